The Morgan fingerprint density at radius 2 is 2.38 bits per heavy atom. The van der Waals surface area contributed by atoms with Crippen molar-refractivity contribution in [2.75, 3.05) is 0 Å². The molecule has 1 heterocycles. The number of aryl methyl sites for hydroxylation is 1. The van der Waals surface area contributed by atoms with Crippen LogP contribution in [0, 0.1) is 12.8 Å². The van der Waals surface area contributed by atoms with E-state index in [1.54, 1.807) is 6.20 Å². The Morgan fingerprint density at radius 3 is 2.92 bits per heavy atom. The topological polar surface area (TPSA) is 38.1 Å². The lowest BCUT2D eigenvalue weighted by molar-refractivity contribution is 0.233. The molecule has 1 aliphatic carbocycles. The molecule has 0 unspecified atom stereocenters. The summed E-state index contributed by atoms with van der Waals surface area (Å²) < 4.78 is 5.36. The molecule has 1 aliphatic rings. The fourth-order valence-electron chi connectivity index (χ4n) is 1.78. The molecule has 0 saturated heterocycles. The Hall–Kier alpha value is -0.830. The van der Waals surface area contributed by atoms with Gasteiger partial charge in [-0.05, 0) is 25.7 Å². The minimum Gasteiger partial charge on any atom is -0.445 e. The van der Waals surface area contributed by atoms with Gasteiger partial charge in [0.15, 0.2) is 0 Å². The van der Waals surface area contributed by atoms with Crippen LogP contribution in [0.5, 0.6) is 0 Å². The van der Waals surface area contributed by atoms with Crippen LogP contribution in [0.4, 0.5) is 0 Å². The molecule has 1 fully saturated rings. The third-order valence-corrected chi connectivity index (χ3v) is 2.58. The lowest BCUT2D eigenvalue weighted by atomic mass is 9.82. The molecular weight excluding hydrogens is 164 g/mol. The fraction of sp³-hybridized carbons (Fsp3) is 0.700. The van der Waals surface area contributed by atoms with Crippen molar-refractivity contribution >= 4 is 0 Å². The molecule has 1 aromatic rings. The number of rotatable bonds is 3. The monoisotopic (exact) mass is 180 g/mol. The van der Waals surface area contributed by atoms with Gasteiger partial charge in [0.25, 0.3) is 0 Å². The van der Waals surface area contributed by atoms with Gasteiger partial charge >= 0.3 is 0 Å². The summed E-state index contributed by atoms with van der Waals surface area (Å²) in [5, 5.41) is 3.42. The van der Waals surface area contributed by atoms with Crippen molar-refractivity contribution in [3.63, 3.8) is 0 Å². The number of hydrogen-bond acceptors (Lipinski definition) is 3. The lowest BCUT2D eigenvalue weighted by Crippen LogP contribution is -2.39. The summed E-state index contributed by atoms with van der Waals surface area (Å²) in [4.78, 5) is 4.14. The first kappa shape index (κ1) is 8.75. The van der Waals surface area contributed by atoms with Gasteiger partial charge in [-0.25, -0.2) is 4.98 Å². The standard InChI is InChI=1S/C10H16N2O/c1-7-3-9(4-7)11-6-10-12-5-8(2)13-10/h5,7,9,11H,3-4,6H2,1-2H3. The molecule has 3 nitrogen and oxygen atoms in total. The van der Waals surface area contributed by atoms with Gasteiger partial charge in [-0.15, -0.1) is 0 Å². The van der Waals surface area contributed by atoms with Crippen molar-refractivity contribution in [1.82, 2.24) is 10.3 Å². The SMILES string of the molecule is Cc1cnc(CNC2CC(C)C2)o1. The molecule has 1 aromatic heterocycles. The van der Waals surface area contributed by atoms with Gasteiger partial charge < -0.3 is 9.73 Å². The quantitative estimate of drug-likeness (QED) is 0.771. The zero-order valence-electron chi connectivity index (χ0n) is 8.21. The first-order chi connectivity index (χ1) is 6.24. The average Bonchev–Trinajstić information content (AvgIpc) is 2.43. The molecule has 0 atom stereocenters. The summed E-state index contributed by atoms with van der Waals surface area (Å²) in [5.41, 5.74) is 0. The minimum absolute atomic E-state index is 0.683. The van der Waals surface area contributed by atoms with Gasteiger partial charge in [0, 0.05) is 6.04 Å². The lowest BCUT2D eigenvalue weighted by Gasteiger charge is -2.33. The Morgan fingerprint density at radius 1 is 1.62 bits per heavy atom. The van der Waals surface area contributed by atoms with Crippen LogP contribution in [0.25, 0.3) is 0 Å². The van der Waals surface area contributed by atoms with Gasteiger partial charge in [-0.3, -0.25) is 0 Å². The third-order valence-electron chi connectivity index (χ3n) is 2.58. The van der Waals surface area contributed by atoms with Crippen molar-refractivity contribution in [2.45, 2.75) is 39.3 Å². The van der Waals surface area contributed by atoms with Crippen molar-refractivity contribution in [2.24, 2.45) is 5.92 Å². The second-order valence-corrected chi connectivity index (χ2v) is 4.02. The molecule has 2 rings (SSSR count). The van der Waals surface area contributed by atoms with Gasteiger partial charge in [0.05, 0.1) is 12.7 Å². The van der Waals surface area contributed by atoms with Crippen LogP contribution in [0.3, 0.4) is 0 Å². The summed E-state index contributed by atoms with van der Waals surface area (Å²) >= 11 is 0. The van der Waals surface area contributed by atoms with E-state index in [4.69, 9.17) is 4.42 Å². The molecule has 0 aromatic carbocycles. The van der Waals surface area contributed by atoms with E-state index in [0.29, 0.717) is 6.04 Å². The Balaban J connectivity index is 1.74. The molecule has 1 saturated carbocycles. The van der Waals surface area contributed by atoms with E-state index in [0.717, 1.165) is 24.1 Å². The van der Waals surface area contributed by atoms with E-state index < -0.39 is 0 Å². The van der Waals surface area contributed by atoms with Crippen LogP contribution >= 0.6 is 0 Å². The number of hydrogen-bond donors (Lipinski definition) is 1. The molecule has 0 aliphatic heterocycles. The summed E-state index contributed by atoms with van der Waals surface area (Å²) in [5.74, 6) is 2.58. The Labute approximate surface area is 78.5 Å². The maximum absolute atomic E-state index is 5.36. The molecule has 72 valence electrons. The highest BCUT2D eigenvalue weighted by Crippen LogP contribution is 2.26. The number of oxazole rings is 1. The molecule has 13 heavy (non-hydrogen) atoms. The van der Waals surface area contributed by atoms with Crippen molar-refractivity contribution in [1.29, 1.82) is 0 Å². The Bertz CT molecular complexity index is 276. The van der Waals surface area contributed by atoms with Crippen molar-refractivity contribution < 1.29 is 4.42 Å². The van der Waals surface area contributed by atoms with E-state index in [1.165, 1.54) is 12.8 Å². The highest BCUT2D eigenvalue weighted by molar-refractivity contribution is 4.91. The van der Waals surface area contributed by atoms with Gasteiger partial charge in [-0.1, -0.05) is 6.92 Å². The summed E-state index contributed by atoms with van der Waals surface area (Å²) in [6, 6.07) is 0.683. The maximum Gasteiger partial charge on any atom is 0.208 e. The second-order valence-electron chi connectivity index (χ2n) is 4.02. The van der Waals surface area contributed by atoms with E-state index in [1.807, 2.05) is 6.92 Å². The predicted molar refractivity (Wildman–Crippen MR) is 50.3 cm³/mol. The predicted octanol–water partition coefficient (Wildman–Crippen LogP) is 1.87. The number of aromatic nitrogens is 1. The zero-order valence-corrected chi connectivity index (χ0v) is 8.21. The van der Waals surface area contributed by atoms with Gasteiger partial charge in [0.1, 0.15) is 5.76 Å². The van der Waals surface area contributed by atoms with E-state index in [9.17, 15) is 0 Å². The molecule has 0 amide bonds. The zero-order chi connectivity index (χ0) is 9.26. The average molecular weight is 180 g/mol. The molecule has 0 spiro atoms. The van der Waals surface area contributed by atoms with Crippen LogP contribution in [0.1, 0.15) is 31.4 Å². The maximum atomic E-state index is 5.36. The summed E-state index contributed by atoms with van der Waals surface area (Å²) in [6.07, 6.45) is 4.35. The normalized spacial score (nSPS) is 27.2. The molecule has 0 radical (unpaired) electrons. The number of nitrogens with zero attached hydrogens (tertiary/aromatic N) is 1. The highest BCUT2D eigenvalue weighted by atomic mass is 16.4. The van der Waals surface area contributed by atoms with Crippen LogP contribution in [0.15, 0.2) is 10.6 Å². The van der Waals surface area contributed by atoms with Crippen LogP contribution < -0.4 is 5.32 Å². The summed E-state index contributed by atoms with van der Waals surface area (Å²) in [6.45, 7) is 4.97. The smallest absolute Gasteiger partial charge is 0.208 e. The van der Waals surface area contributed by atoms with Crippen LogP contribution in [-0.2, 0) is 6.54 Å². The molecule has 3 heteroatoms. The largest absolute Gasteiger partial charge is 0.445 e. The second kappa shape index (κ2) is 3.50. The van der Waals surface area contributed by atoms with E-state index in [2.05, 4.69) is 17.2 Å². The van der Waals surface area contributed by atoms with E-state index >= 15 is 0 Å². The van der Waals surface area contributed by atoms with Crippen molar-refractivity contribution in [3.05, 3.63) is 17.8 Å². The minimum atomic E-state index is 0.683. The first-order valence-corrected chi connectivity index (χ1v) is 4.88. The third kappa shape index (κ3) is 2.10. The van der Waals surface area contributed by atoms with Crippen LogP contribution in [-0.4, -0.2) is 11.0 Å². The van der Waals surface area contributed by atoms with Gasteiger partial charge in [-0.2, -0.15) is 0 Å². The van der Waals surface area contributed by atoms with Crippen LogP contribution in [0.2, 0.25) is 0 Å². The first-order valence-electron chi connectivity index (χ1n) is 4.88. The molecule has 0 bridgehead atoms. The summed E-state index contributed by atoms with van der Waals surface area (Å²) in [7, 11) is 0. The highest BCUT2D eigenvalue weighted by Gasteiger charge is 2.24. The van der Waals surface area contributed by atoms with Gasteiger partial charge in [0.2, 0.25) is 5.89 Å². The van der Waals surface area contributed by atoms with E-state index in [-0.39, 0.29) is 0 Å². The molecule has 1 N–H and O–H groups in total. The molecular formula is C10H16N2O. The van der Waals surface area contributed by atoms with Crippen molar-refractivity contribution in [3.8, 4) is 0 Å². The number of nitrogens with one attached hydrogen (secondary N) is 1. The fourth-order valence-corrected chi connectivity index (χ4v) is 1.78. The Kier molecular flexibility index (Phi) is 2.36.